The lowest BCUT2D eigenvalue weighted by Gasteiger charge is -2.09. The summed E-state index contributed by atoms with van der Waals surface area (Å²) in [6, 6.07) is 22.2. The summed E-state index contributed by atoms with van der Waals surface area (Å²) in [5.41, 5.74) is 1.83. The SMILES string of the molecule is O=C(COC(=O)c1ccc2ccccc2c1)Nc1cccc2ncccc12. The summed E-state index contributed by atoms with van der Waals surface area (Å²) in [5.74, 6) is -0.934. The Morgan fingerprint density at radius 1 is 0.889 bits per heavy atom. The van der Waals surface area contributed by atoms with E-state index < -0.39 is 11.9 Å². The number of carbonyl (C=O) groups is 2. The Morgan fingerprint density at radius 2 is 1.74 bits per heavy atom. The van der Waals surface area contributed by atoms with Gasteiger partial charge in [0.05, 0.1) is 16.8 Å². The Balaban J connectivity index is 1.43. The third-order valence-corrected chi connectivity index (χ3v) is 4.24. The van der Waals surface area contributed by atoms with E-state index in [9.17, 15) is 9.59 Å². The van der Waals surface area contributed by atoms with Crippen LogP contribution in [0.5, 0.6) is 0 Å². The molecule has 0 unspecified atom stereocenters. The number of carbonyl (C=O) groups excluding carboxylic acids is 2. The first-order valence-electron chi connectivity index (χ1n) is 8.50. The summed E-state index contributed by atoms with van der Waals surface area (Å²) in [6.45, 7) is -0.359. The van der Waals surface area contributed by atoms with Crippen LogP contribution in [0, 0.1) is 0 Å². The van der Waals surface area contributed by atoms with Crippen molar-refractivity contribution in [2.24, 2.45) is 0 Å². The number of nitrogens with zero attached hydrogens (tertiary/aromatic N) is 1. The molecule has 1 aromatic heterocycles. The summed E-state index contributed by atoms with van der Waals surface area (Å²) in [7, 11) is 0. The van der Waals surface area contributed by atoms with E-state index >= 15 is 0 Å². The fraction of sp³-hybridized carbons (Fsp3) is 0.0455. The van der Waals surface area contributed by atoms with Gasteiger partial charge in [0, 0.05) is 11.6 Å². The Morgan fingerprint density at radius 3 is 2.63 bits per heavy atom. The fourth-order valence-electron chi connectivity index (χ4n) is 2.93. The van der Waals surface area contributed by atoms with Gasteiger partial charge in [-0.05, 0) is 47.2 Å². The number of anilines is 1. The van der Waals surface area contributed by atoms with Crippen LogP contribution in [0.4, 0.5) is 5.69 Å². The van der Waals surface area contributed by atoms with Gasteiger partial charge in [-0.2, -0.15) is 0 Å². The summed E-state index contributed by atoms with van der Waals surface area (Å²) in [4.78, 5) is 28.7. The molecule has 132 valence electrons. The van der Waals surface area contributed by atoms with Crippen LogP contribution in [0.2, 0.25) is 0 Å². The predicted molar refractivity (Wildman–Crippen MR) is 105 cm³/mol. The van der Waals surface area contributed by atoms with Gasteiger partial charge in [0.25, 0.3) is 5.91 Å². The molecule has 0 radical (unpaired) electrons. The van der Waals surface area contributed by atoms with Gasteiger partial charge < -0.3 is 10.1 Å². The maximum Gasteiger partial charge on any atom is 0.338 e. The molecule has 4 rings (SSSR count). The minimum atomic E-state index is -0.532. The molecule has 1 amide bonds. The quantitative estimate of drug-likeness (QED) is 0.557. The van der Waals surface area contributed by atoms with Gasteiger partial charge >= 0.3 is 5.97 Å². The number of fused-ring (bicyclic) bond motifs is 2. The van der Waals surface area contributed by atoms with Crippen LogP contribution in [0.3, 0.4) is 0 Å². The van der Waals surface area contributed by atoms with Crippen LogP contribution in [0.15, 0.2) is 79.0 Å². The van der Waals surface area contributed by atoms with Gasteiger partial charge in [0.1, 0.15) is 0 Å². The maximum absolute atomic E-state index is 12.2. The van der Waals surface area contributed by atoms with E-state index in [0.29, 0.717) is 11.3 Å². The molecule has 0 aliphatic rings. The zero-order valence-electron chi connectivity index (χ0n) is 14.4. The van der Waals surface area contributed by atoms with Gasteiger partial charge in [0.15, 0.2) is 6.61 Å². The molecular formula is C22H16N2O3. The number of rotatable bonds is 4. The zero-order valence-corrected chi connectivity index (χ0v) is 14.4. The van der Waals surface area contributed by atoms with Crippen molar-refractivity contribution >= 4 is 39.2 Å². The van der Waals surface area contributed by atoms with Crippen LogP contribution in [0.1, 0.15) is 10.4 Å². The highest BCUT2D eigenvalue weighted by Crippen LogP contribution is 2.21. The second kappa shape index (κ2) is 7.25. The number of esters is 1. The number of hydrogen-bond donors (Lipinski definition) is 1. The van der Waals surface area contributed by atoms with E-state index in [-0.39, 0.29) is 6.61 Å². The first-order chi connectivity index (χ1) is 13.2. The highest BCUT2D eigenvalue weighted by Gasteiger charge is 2.12. The Hall–Kier alpha value is -3.73. The number of benzene rings is 3. The molecule has 0 saturated carbocycles. The van der Waals surface area contributed by atoms with Crippen molar-refractivity contribution in [1.82, 2.24) is 4.98 Å². The second-order valence-electron chi connectivity index (χ2n) is 6.06. The van der Waals surface area contributed by atoms with Gasteiger partial charge in [-0.3, -0.25) is 9.78 Å². The lowest BCUT2D eigenvalue weighted by atomic mass is 10.1. The number of amides is 1. The molecule has 5 nitrogen and oxygen atoms in total. The normalized spacial score (nSPS) is 10.7. The largest absolute Gasteiger partial charge is 0.452 e. The zero-order chi connectivity index (χ0) is 18.6. The van der Waals surface area contributed by atoms with Crippen LogP contribution in [-0.2, 0) is 9.53 Å². The van der Waals surface area contributed by atoms with Crippen LogP contribution in [0.25, 0.3) is 21.7 Å². The van der Waals surface area contributed by atoms with Gasteiger partial charge in [-0.15, -0.1) is 0 Å². The Kier molecular flexibility index (Phi) is 4.49. The van der Waals surface area contributed by atoms with Gasteiger partial charge in [0.2, 0.25) is 0 Å². The molecule has 1 heterocycles. The summed E-state index contributed by atoms with van der Waals surface area (Å²) in [5, 5.41) is 5.58. The number of pyridine rings is 1. The highest BCUT2D eigenvalue weighted by atomic mass is 16.5. The van der Waals surface area contributed by atoms with E-state index in [4.69, 9.17) is 4.74 Å². The summed E-state index contributed by atoms with van der Waals surface area (Å²) < 4.78 is 5.16. The molecule has 3 aromatic carbocycles. The van der Waals surface area contributed by atoms with Crippen LogP contribution < -0.4 is 5.32 Å². The lowest BCUT2D eigenvalue weighted by Crippen LogP contribution is -2.21. The van der Waals surface area contributed by atoms with Crippen LogP contribution in [-0.4, -0.2) is 23.5 Å². The average molecular weight is 356 g/mol. The molecular weight excluding hydrogens is 340 g/mol. The third-order valence-electron chi connectivity index (χ3n) is 4.24. The molecule has 5 heteroatoms. The standard InChI is InChI=1S/C22H16N2O3/c25-21(24-20-9-3-8-19-18(20)7-4-12-23-19)14-27-22(26)17-11-10-15-5-1-2-6-16(15)13-17/h1-13H,14H2,(H,24,25). The number of ether oxygens (including phenoxy) is 1. The Labute approximate surface area is 155 Å². The molecule has 0 bridgehead atoms. The van der Waals surface area contributed by atoms with E-state index in [0.717, 1.165) is 21.7 Å². The first-order valence-corrected chi connectivity index (χ1v) is 8.50. The molecule has 0 fully saturated rings. The summed E-state index contributed by atoms with van der Waals surface area (Å²) in [6.07, 6.45) is 1.69. The van der Waals surface area contributed by atoms with E-state index in [1.165, 1.54) is 0 Å². The second-order valence-corrected chi connectivity index (χ2v) is 6.06. The third kappa shape index (κ3) is 3.62. The van der Waals surface area contributed by atoms with E-state index in [1.54, 1.807) is 30.5 Å². The molecule has 1 N–H and O–H groups in total. The van der Waals surface area contributed by atoms with Crippen molar-refractivity contribution in [3.05, 3.63) is 84.6 Å². The molecule has 27 heavy (non-hydrogen) atoms. The van der Waals surface area contributed by atoms with Crippen molar-refractivity contribution < 1.29 is 14.3 Å². The van der Waals surface area contributed by atoms with E-state index in [2.05, 4.69) is 10.3 Å². The Bertz CT molecular complexity index is 1150. The van der Waals surface area contributed by atoms with Crippen molar-refractivity contribution in [1.29, 1.82) is 0 Å². The highest BCUT2D eigenvalue weighted by molar-refractivity contribution is 6.02. The monoisotopic (exact) mass is 356 g/mol. The predicted octanol–water partition coefficient (Wildman–Crippen LogP) is 4.18. The molecule has 4 aromatic rings. The topological polar surface area (TPSA) is 68.3 Å². The lowest BCUT2D eigenvalue weighted by molar-refractivity contribution is -0.119. The van der Waals surface area contributed by atoms with Crippen molar-refractivity contribution in [3.8, 4) is 0 Å². The summed E-state index contributed by atoms with van der Waals surface area (Å²) >= 11 is 0. The van der Waals surface area contributed by atoms with Crippen molar-refractivity contribution in [2.45, 2.75) is 0 Å². The van der Waals surface area contributed by atoms with Crippen molar-refractivity contribution in [3.63, 3.8) is 0 Å². The average Bonchev–Trinajstić information content (AvgIpc) is 2.72. The van der Waals surface area contributed by atoms with Crippen molar-refractivity contribution in [2.75, 3.05) is 11.9 Å². The minimum absolute atomic E-state index is 0.359. The van der Waals surface area contributed by atoms with E-state index in [1.807, 2.05) is 48.5 Å². The molecule has 0 spiro atoms. The fourth-order valence-corrected chi connectivity index (χ4v) is 2.93. The molecule has 0 aliphatic heterocycles. The maximum atomic E-state index is 12.2. The minimum Gasteiger partial charge on any atom is -0.452 e. The number of nitrogens with one attached hydrogen (secondary N) is 1. The molecule has 0 aliphatic carbocycles. The first kappa shape index (κ1) is 16.7. The molecule has 0 saturated heterocycles. The van der Waals surface area contributed by atoms with Crippen LogP contribution >= 0.6 is 0 Å². The molecule has 0 atom stereocenters. The van der Waals surface area contributed by atoms with Gasteiger partial charge in [-0.25, -0.2) is 4.79 Å². The number of hydrogen-bond acceptors (Lipinski definition) is 4. The van der Waals surface area contributed by atoms with Gasteiger partial charge in [-0.1, -0.05) is 36.4 Å². The number of aromatic nitrogens is 1. The smallest absolute Gasteiger partial charge is 0.338 e.